The SMILES string of the molecule is CC(=O)O[C@H]1CC[C@@]2(C)C(=CC=C3[C@@H]4CC[C@H]([C@H](C)CS(=O)(=O)c5ccccc5)[C@@]4(C)CC[C@@H]32)C1. The molecule has 0 amide bonds. The molecule has 4 nitrogen and oxygen atoms in total. The number of hydrogen-bond acceptors (Lipinski definition) is 4. The normalized spacial score (nSPS) is 37.3. The maximum absolute atomic E-state index is 13.1. The molecule has 3 saturated carbocycles. The highest BCUT2D eigenvalue weighted by Crippen LogP contribution is 2.66. The molecule has 1 aromatic rings. The summed E-state index contributed by atoms with van der Waals surface area (Å²) < 4.78 is 31.8. The van der Waals surface area contributed by atoms with Crippen LogP contribution in [0.4, 0.5) is 0 Å². The molecule has 4 aliphatic rings. The molecule has 0 N–H and O–H groups in total. The first-order valence-electron chi connectivity index (χ1n) is 13.4. The summed E-state index contributed by atoms with van der Waals surface area (Å²) in [5.74, 6) is 1.70. The Hall–Kier alpha value is -1.88. The van der Waals surface area contributed by atoms with Crippen LogP contribution < -0.4 is 0 Å². The number of sulfone groups is 1. The van der Waals surface area contributed by atoms with Crippen molar-refractivity contribution in [1.29, 1.82) is 0 Å². The number of carbonyl (C=O) groups is 1. The Morgan fingerprint density at radius 1 is 1.03 bits per heavy atom. The minimum absolute atomic E-state index is 0.0129. The third-order valence-corrected chi connectivity index (χ3v) is 12.2. The average Bonchev–Trinajstić information content (AvgIpc) is 3.17. The molecule has 0 aliphatic heterocycles. The van der Waals surface area contributed by atoms with Crippen LogP contribution in [0.15, 0.2) is 58.5 Å². The molecule has 4 aliphatic carbocycles. The maximum atomic E-state index is 13.1. The minimum Gasteiger partial charge on any atom is -0.462 e. The zero-order valence-corrected chi connectivity index (χ0v) is 22.4. The van der Waals surface area contributed by atoms with Crippen LogP contribution in [0.2, 0.25) is 0 Å². The number of carbonyl (C=O) groups excluding carboxylic acids is 1. The minimum atomic E-state index is -3.28. The summed E-state index contributed by atoms with van der Waals surface area (Å²) >= 11 is 0. The van der Waals surface area contributed by atoms with Crippen molar-refractivity contribution in [3.05, 3.63) is 53.6 Å². The monoisotopic (exact) mass is 496 g/mol. The summed E-state index contributed by atoms with van der Waals surface area (Å²) in [5, 5.41) is 0. The summed E-state index contributed by atoms with van der Waals surface area (Å²) in [6.07, 6.45) is 12.2. The van der Waals surface area contributed by atoms with Gasteiger partial charge in [-0.15, -0.1) is 0 Å². The Kier molecular flexibility index (Phi) is 6.31. The predicted octanol–water partition coefficient (Wildman–Crippen LogP) is 6.53. The molecule has 0 bridgehead atoms. The van der Waals surface area contributed by atoms with Gasteiger partial charge in [0.05, 0.1) is 10.6 Å². The van der Waals surface area contributed by atoms with Gasteiger partial charge in [0.15, 0.2) is 9.84 Å². The van der Waals surface area contributed by atoms with Gasteiger partial charge in [0, 0.05) is 13.3 Å². The van der Waals surface area contributed by atoms with E-state index in [-0.39, 0.29) is 34.6 Å². The molecule has 1 aromatic carbocycles. The molecule has 3 fully saturated rings. The molecule has 0 unspecified atom stereocenters. The molecular formula is C30H40O4S. The predicted molar refractivity (Wildman–Crippen MR) is 138 cm³/mol. The summed E-state index contributed by atoms with van der Waals surface area (Å²) in [6.45, 7) is 8.54. The first-order valence-corrected chi connectivity index (χ1v) is 15.1. The number of benzene rings is 1. The lowest BCUT2D eigenvalue weighted by molar-refractivity contribution is -0.148. The van der Waals surface area contributed by atoms with E-state index >= 15 is 0 Å². The molecule has 35 heavy (non-hydrogen) atoms. The van der Waals surface area contributed by atoms with Crippen LogP contribution in [0.5, 0.6) is 0 Å². The van der Waals surface area contributed by atoms with Crippen molar-refractivity contribution in [2.45, 2.75) is 83.6 Å². The lowest BCUT2D eigenvalue weighted by Crippen LogP contribution is -2.47. The fraction of sp³-hybridized carbons (Fsp3) is 0.633. The molecule has 0 aromatic heterocycles. The molecule has 190 valence electrons. The second kappa shape index (κ2) is 8.90. The van der Waals surface area contributed by atoms with Crippen molar-refractivity contribution >= 4 is 15.8 Å². The number of rotatable bonds is 5. The zero-order valence-electron chi connectivity index (χ0n) is 21.6. The fourth-order valence-corrected chi connectivity index (χ4v) is 10.2. The molecule has 5 heteroatoms. The Labute approximate surface area is 211 Å². The summed E-state index contributed by atoms with van der Waals surface area (Å²) in [7, 11) is -3.28. The largest absolute Gasteiger partial charge is 0.462 e. The maximum Gasteiger partial charge on any atom is 0.302 e. The first kappa shape index (κ1) is 24.8. The Morgan fingerprint density at radius 2 is 1.77 bits per heavy atom. The second-order valence-electron chi connectivity index (χ2n) is 12.2. The third-order valence-electron chi connectivity index (χ3n) is 10.2. The van der Waals surface area contributed by atoms with Crippen molar-refractivity contribution in [3.8, 4) is 0 Å². The van der Waals surface area contributed by atoms with E-state index in [0.717, 1.165) is 38.5 Å². The van der Waals surface area contributed by atoms with E-state index in [4.69, 9.17) is 4.74 Å². The average molecular weight is 497 g/mol. The van der Waals surface area contributed by atoms with Crippen molar-refractivity contribution in [1.82, 2.24) is 0 Å². The quantitative estimate of drug-likeness (QED) is 0.435. The van der Waals surface area contributed by atoms with E-state index in [1.807, 2.05) is 18.2 Å². The fourth-order valence-electron chi connectivity index (χ4n) is 8.47. The molecular weight excluding hydrogens is 456 g/mol. The van der Waals surface area contributed by atoms with E-state index in [1.165, 1.54) is 18.9 Å². The van der Waals surface area contributed by atoms with Gasteiger partial charge in [-0.05, 0) is 85.2 Å². The second-order valence-corrected chi connectivity index (χ2v) is 14.2. The number of esters is 1. The van der Waals surface area contributed by atoms with Gasteiger partial charge in [-0.2, -0.15) is 0 Å². The summed E-state index contributed by atoms with van der Waals surface area (Å²) in [6, 6.07) is 8.93. The van der Waals surface area contributed by atoms with Crippen LogP contribution in [0.1, 0.15) is 72.6 Å². The van der Waals surface area contributed by atoms with Crippen molar-refractivity contribution < 1.29 is 17.9 Å². The molecule has 0 spiro atoms. The van der Waals surface area contributed by atoms with Gasteiger partial charge in [-0.1, -0.05) is 62.3 Å². The lowest BCUT2D eigenvalue weighted by Gasteiger charge is -2.55. The van der Waals surface area contributed by atoms with Gasteiger partial charge < -0.3 is 4.74 Å². The van der Waals surface area contributed by atoms with Crippen LogP contribution in [0, 0.1) is 34.5 Å². The van der Waals surface area contributed by atoms with Crippen LogP contribution in [0.3, 0.4) is 0 Å². The first-order chi connectivity index (χ1) is 16.5. The lowest BCUT2D eigenvalue weighted by atomic mass is 9.50. The van der Waals surface area contributed by atoms with Crippen LogP contribution >= 0.6 is 0 Å². The Balaban J connectivity index is 1.36. The molecule has 7 atom stereocenters. The molecule has 0 radical (unpaired) electrons. The van der Waals surface area contributed by atoms with Crippen LogP contribution in [-0.2, 0) is 19.4 Å². The van der Waals surface area contributed by atoms with Gasteiger partial charge in [-0.25, -0.2) is 8.42 Å². The number of fused-ring (bicyclic) bond motifs is 5. The standard InChI is InChI=1S/C30H40O4S/c1-20(19-35(32,33)24-8-6-5-7-9-24)26-12-13-27-25-11-10-22-18-23(34-21(2)31)14-16-29(22,3)28(25)15-17-30(26,27)4/h5-11,20,23,26-28H,12-19H2,1-4H3/t20-,23+,26-,27+,28+,29+,30-/m1/s1. The Bertz CT molecular complexity index is 1150. The highest BCUT2D eigenvalue weighted by molar-refractivity contribution is 7.91. The number of hydrogen-bond donors (Lipinski definition) is 0. The molecule has 0 saturated heterocycles. The van der Waals surface area contributed by atoms with Crippen molar-refractivity contribution in [3.63, 3.8) is 0 Å². The van der Waals surface area contributed by atoms with Crippen molar-refractivity contribution in [2.24, 2.45) is 34.5 Å². The Morgan fingerprint density at radius 3 is 2.49 bits per heavy atom. The van der Waals surface area contributed by atoms with Gasteiger partial charge in [-0.3, -0.25) is 4.79 Å². The summed E-state index contributed by atoms with van der Waals surface area (Å²) in [4.78, 5) is 11.9. The summed E-state index contributed by atoms with van der Waals surface area (Å²) in [5.41, 5.74) is 3.37. The topological polar surface area (TPSA) is 60.4 Å². The third kappa shape index (κ3) is 4.22. The van der Waals surface area contributed by atoms with E-state index in [9.17, 15) is 13.2 Å². The number of allylic oxidation sites excluding steroid dienone is 3. The number of ether oxygens (including phenoxy) is 1. The highest BCUT2D eigenvalue weighted by atomic mass is 32.2. The van der Waals surface area contributed by atoms with Gasteiger partial charge in [0.25, 0.3) is 0 Å². The van der Waals surface area contributed by atoms with Gasteiger partial charge in [0.2, 0.25) is 0 Å². The van der Waals surface area contributed by atoms with E-state index < -0.39 is 9.84 Å². The smallest absolute Gasteiger partial charge is 0.302 e. The van der Waals surface area contributed by atoms with Crippen LogP contribution in [0.25, 0.3) is 0 Å². The van der Waals surface area contributed by atoms with E-state index in [0.29, 0.717) is 22.6 Å². The van der Waals surface area contributed by atoms with Gasteiger partial charge in [0.1, 0.15) is 6.10 Å². The molecule has 0 heterocycles. The zero-order chi connectivity index (χ0) is 25.0. The van der Waals surface area contributed by atoms with Crippen molar-refractivity contribution in [2.75, 3.05) is 5.75 Å². The molecule has 5 rings (SSSR count). The van der Waals surface area contributed by atoms with Gasteiger partial charge >= 0.3 is 5.97 Å². The highest BCUT2D eigenvalue weighted by Gasteiger charge is 2.57. The van der Waals surface area contributed by atoms with Crippen LogP contribution in [-0.4, -0.2) is 26.2 Å². The van der Waals surface area contributed by atoms with E-state index in [1.54, 1.807) is 17.7 Å². The van der Waals surface area contributed by atoms with E-state index in [2.05, 4.69) is 32.9 Å².